The van der Waals surface area contributed by atoms with Crippen LogP contribution in [0, 0.1) is 0 Å². The Kier molecular flexibility index (Phi) is 3.11. The van der Waals surface area contributed by atoms with Crippen molar-refractivity contribution in [1.29, 1.82) is 0 Å². The summed E-state index contributed by atoms with van der Waals surface area (Å²) < 4.78 is 3.20. The van der Waals surface area contributed by atoms with Gasteiger partial charge in [-0.2, -0.15) is 0 Å². The number of hydrogen-bond acceptors (Lipinski definition) is 2. The van der Waals surface area contributed by atoms with Crippen molar-refractivity contribution >= 4 is 27.1 Å². The van der Waals surface area contributed by atoms with Crippen LogP contribution in [0.4, 0.5) is 0 Å². The van der Waals surface area contributed by atoms with Gasteiger partial charge < -0.3 is 0 Å². The topological polar surface area (TPSA) is 30.7 Å². The molecule has 3 nitrogen and oxygen atoms in total. The first kappa shape index (κ1) is 12.4. The van der Waals surface area contributed by atoms with Gasteiger partial charge in [0.1, 0.15) is 11.3 Å². The third-order valence-electron chi connectivity index (χ3n) is 3.04. The van der Waals surface area contributed by atoms with Gasteiger partial charge in [0.25, 0.3) is 0 Å². The van der Waals surface area contributed by atoms with Crippen LogP contribution in [0.3, 0.4) is 0 Å². The van der Waals surface area contributed by atoms with Crippen LogP contribution >= 0.6 is 15.9 Å². The fourth-order valence-corrected chi connectivity index (χ4v) is 2.43. The third-order valence-corrected chi connectivity index (χ3v) is 3.57. The van der Waals surface area contributed by atoms with Crippen LogP contribution in [-0.4, -0.2) is 14.5 Å². The minimum atomic E-state index is 0.345. The molecule has 3 rings (SSSR count). The van der Waals surface area contributed by atoms with Crippen molar-refractivity contribution < 1.29 is 0 Å². The lowest BCUT2D eigenvalue weighted by molar-refractivity contribution is 0.757. The maximum atomic E-state index is 4.70. The van der Waals surface area contributed by atoms with Crippen molar-refractivity contribution in [3.05, 3.63) is 52.9 Å². The van der Waals surface area contributed by atoms with E-state index in [1.807, 2.05) is 30.5 Å². The van der Waals surface area contributed by atoms with Gasteiger partial charge in [0.05, 0.1) is 0 Å². The molecular formula is C15H14BrN3. The average Bonchev–Trinajstić information content (AvgIpc) is 2.79. The number of nitrogens with zero attached hydrogens (tertiary/aromatic N) is 3. The third kappa shape index (κ3) is 2.16. The Balaban J connectivity index is 2.31. The smallest absolute Gasteiger partial charge is 0.164 e. The Morgan fingerprint density at radius 2 is 1.84 bits per heavy atom. The van der Waals surface area contributed by atoms with Crippen molar-refractivity contribution in [1.82, 2.24) is 14.5 Å². The Morgan fingerprint density at radius 1 is 1.11 bits per heavy atom. The summed E-state index contributed by atoms with van der Waals surface area (Å²) >= 11 is 3.47. The summed E-state index contributed by atoms with van der Waals surface area (Å²) in [6.07, 6.45) is 1.81. The number of rotatable bonds is 2. The molecule has 0 saturated carbocycles. The number of benzene rings is 1. The van der Waals surface area contributed by atoms with Gasteiger partial charge in [-0.05, 0) is 36.4 Å². The molecule has 0 aliphatic rings. The van der Waals surface area contributed by atoms with Gasteiger partial charge in [0, 0.05) is 22.3 Å². The van der Waals surface area contributed by atoms with Gasteiger partial charge in [-0.15, -0.1) is 0 Å². The van der Waals surface area contributed by atoms with Crippen molar-refractivity contribution in [2.24, 2.45) is 0 Å². The molecule has 2 aromatic heterocycles. The van der Waals surface area contributed by atoms with E-state index in [0.717, 1.165) is 27.1 Å². The highest BCUT2D eigenvalue weighted by molar-refractivity contribution is 9.10. The molecule has 0 atom stereocenters. The summed E-state index contributed by atoms with van der Waals surface area (Å²) in [5, 5.41) is 0. The van der Waals surface area contributed by atoms with Crippen molar-refractivity contribution in [2.75, 3.05) is 0 Å². The summed E-state index contributed by atoms with van der Waals surface area (Å²) in [4.78, 5) is 9.17. The zero-order chi connectivity index (χ0) is 13.4. The second-order valence-corrected chi connectivity index (χ2v) is 5.70. The standard InChI is InChI=1S/C15H14BrN3/c1-10(2)14-18-13-4-3-9-17-15(13)19(14)12-7-5-11(16)6-8-12/h3-10H,1-2H3. The van der Waals surface area contributed by atoms with E-state index in [4.69, 9.17) is 4.98 Å². The summed E-state index contributed by atoms with van der Waals surface area (Å²) in [6, 6.07) is 12.1. The fourth-order valence-electron chi connectivity index (χ4n) is 2.16. The second-order valence-electron chi connectivity index (χ2n) is 4.78. The van der Waals surface area contributed by atoms with E-state index in [1.165, 1.54) is 0 Å². The van der Waals surface area contributed by atoms with Crippen LogP contribution in [0.1, 0.15) is 25.6 Å². The number of hydrogen-bond donors (Lipinski definition) is 0. The first-order chi connectivity index (χ1) is 9.16. The monoisotopic (exact) mass is 315 g/mol. The van der Waals surface area contributed by atoms with Crippen LogP contribution in [0.15, 0.2) is 47.1 Å². The van der Waals surface area contributed by atoms with Crippen molar-refractivity contribution in [3.63, 3.8) is 0 Å². The maximum absolute atomic E-state index is 4.70. The molecular weight excluding hydrogens is 302 g/mol. The minimum absolute atomic E-state index is 0.345. The molecule has 4 heteroatoms. The summed E-state index contributed by atoms with van der Waals surface area (Å²) in [7, 11) is 0. The molecule has 0 amide bonds. The molecule has 0 unspecified atom stereocenters. The number of halogens is 1. The van der Waals surface area contributed by atoms with Crippen LogP contribution in [0.5, 0.6) is 0 Å². The lowest BCUT2D eigenvalue weighted by atomic mass is 10.2. The molecule has 0 fully saturated rings. The lowest BCUT2D eigenvalue weighted by Gasteiger charge is -2.10. The number of aromatic nitrogens is 3. The van der Waals surface area contributed by atoms with Gasteiger partial charge in [0.2, 0.25) is 0 Å². The molecule has 0 bridgehead atoms. The highest BCUT2D eigenvalue weighted by Crippen LogP contribution is 2.25. The minimum Gasteiger partial charge on any atom is -0.281 e. The van der Waals surface area contributed by atoms with Crippen molar-refractivity contribution in [2.45, 2.75) is 19.8 Å². The highest BCUT2D eigenvalue weighted by Gasteiger charge is 2.15. The van der Waals surface area contributed by atoms with Crippen molar-refractivity contribution in [3.8, 4) is 5.69 Å². The Morgan fingerprint density at radius 3 is 2.53 bits per heavy atom. The first-order valence-corrected chi connectivity index (χ1v) is 7.05. The molecule has 0 N–H and O–H groups in total. The molecule has 0 saturated heterocycles. The van der Waals surface area contributed by atoms with Crippen LogP contribution < -0.4 is 0 Å². The van der Waals surface area contributed by atoms with Crippen LogP contribution in [0.2, 0.25) is 0 Å². The Hall–Kier alpha value is -1.68. The lowest BCUT2D eigenvalue weighted by Crippen LogP contribution is -2.03. The quantitative estimate of drug-likeness (QED) is 0.705. The molecule has 0 aliphatic heterocycles. The molecule has 1 aromatic carbocycles. The van der Waals surface area contributed by atoms with Gasteiger partial charge >= 0.3 is 0 Å². The Bertz CT molecular complexity index is 714. The number of imidazole rings is 1. The average molecular weight is 316 g/mol. The van der Waals surface area contributed by atoms with E-state index in [0.29, 0.717) is 5.92 Å². The SMILES string of the molecule is CC(C)c1nc2cccnc2n1-c1ccc(Br)cc1. The zero-order valence-corrected chi connectivity index (χ0v) is 12.4. The van der Waals surface area contributed by atoms with E-state index in [9.17, 15) is 0 Å². The molecule has 0 aliphatic carbocycles. The highest BCUT2D eigenvalue weighted by atomic mass is 79.9. The van der Waals surface area contributed by atoms with Gasteiger partial charge in [0.15, 0.2) is 5.65 Å². The van der Waals surface area contributed by atoms with E-state index in [-0.39, 0.29) is 0 Å². The fraction of sp³-hybridized carbons (Fsp3) is 0.200. The second kappa shape index (κ2) is 4.78. The summed E-state index contributed by atoms with van der Waals surface area (Å²) in [5.74, 6) is 1.38. The maximum Gasteiger partial charge on any atom is 0.164 e. The zero-order valence-electron chi connectivity index (χ0n) is 10.8. The largest absolute Gasteiger partial charge is 0.281 e. The number of pyridine rings is 1. The molecule has 19 heavy (non-hydrogen) atoms. The van der Waals surface area contributed by atoms with Gasteiger partial charge in [-0.25, -0.2) is 9.97 Å². The van der Waals surface area contributed by atoms with E-state index < -0.39 is 0 Å². The van der Waals surface area contributed by atoms with Gasteiger partial charge in [-0.3, -0.25) is 4.57 Å². The van der Waals surface area contributed by atoms with Crippen LogP contribution in [-0.2, 0) is 0 Å². The van der Waals surface area contributed by atoms with Gasteiger partial charge in [-0.1, -0.05) is 29.8 Å². The molecule has 0 spiro atoms. The summed E-state index contributed by atoms with van der Waals surface area (Å²) in [6.45, 7) is 4.30. The molecule has 0 radical (unpaired) electrons. The first-order valence-electron chi connectivity index (χ1n) is 6.26. The predicted molar refractivity (Wildman–Crippen MR) is 80.7 cm³/mol. The number of fused-ring (bicyclic) bond motifs is 1. The normalized spacial score (nSPS) is 11.4. The molecule has 2 heterocycles. The van der Waals surface area contributed by atoms with Crippen LogP contribution in [0.25, 0.3) is 16.9 Å². The predicted octanol–water partition coefficient (Wildman–Crippen LogP) is 4.31. The van der Waals surface area contributed by atoms with E-state index in [1.54, 1.807) is 0 Å². The summed E-state index contributed by atoms with van der Waals surface area (Å²) in [5.41, 5.74) is 2.94. The molecule has 3 aromatic rings. The van der Waals surface area contributed by atoms with E-state index >= 15 is 0 Å². The molecule has 96 valence electrons. The Labute approximate surface area is 120 Å². The van der Waals surface area contributed by atoms with E-state index in [2.05, 4.69) is 51.5 Å².